The first-order chi connectivity index (χ1) is 10.1. The van der Waals surface area contributed by atoms with Crippen molar-refractivity contribution in [1.29, 1.82) is 0 Å². The standard InChI is InChI=1S/C15H23N3O2S/c1-11-10-21-13(17-11)7-5-8-14(19)18-9-4-3-6-12(18)15(20)16-2/h10,12H,3-9H2,1-2H3,(H,16,20). The summed E-state index contributed by atoms with van der Waals surface area (Å²) in [5, 5.41) is 5.78. The lowest BCUT2D eigenvalue weighted by atomic mass is 10.0. The highest BCUT2D eigenvalue weighted by Gasteiger charge is 2.30. The number of amides is 2. The van der Waals surface area contributed by atoms with Gasteiger partial charge >= 0.3 is 0 Å². The van der Waals surface area contributed by atoms with Gasteiger partial charge in [-0.25, -0.2) is 4.98 Å². The van der Waals surface area contributed by atoms with Crippen molar-refractivity contribution in [1.82, 2.24) is 15.2 Å². The van der Waals surface area contributed by atoms with Gasteiger partial charge in [-0.3, -0.25) is 9.59 Å². The van der Waals surface area contributed by atoms with Gasteiger partial charge in [0.15, 0.2) is 0 Å². The van der Waals surface area contributed by atoms with E-state index in [1.165, 1.54) is 0 Å². The molecule has 5 nitrogen and oxygen atoms in total. The third-order valence-electron chi connectivity index (χ3n) is 3.82. The minimum absolute atomic E-state index is 0.0430. The average Bonchev–Trinajstić information content (AvgIpc) is 2.91. The Labute approximate surface area is 129 Å². The topological polar surface area (TPSA) is 62.3 Å². The van der Waals surface area contributed by atoms with E-state index in [0.717, 1.165) is 42.8 Å². The van der Waals surface area contributed by atoms with Crippen molar-refractivity contribution in [2.24, 2.45) is 0 Å². The van der Waals surface area contributed by atoms with E-state index in [1.54, 1.807) is 23.3 Å². The fourth-order valence-electron chi connectivity index (χ4n) is 2.72. The van der Waals surface area contributed by atoms with E-state index >= 15 is 0 Å². The number of likely N-dealkylation sites (N-methyl/N-ethyl adjacent to an activating group) is 1. The summed E-state index contributed by atoms with van der Waals surface area (Å²) < 4.78 is 0. The summed E-state index contributed by atoms with van der Waals surface area (Å²) in [4.78, 5) is 30.4. The summed E-state index contributed by atoms with van der Waals surface area (Å²) in [6.45, 7) is 2.68. The third-order valence-corrected chi connectivity index (χ3v) is 4.85. The molecule has 1 atom stereocenters. The lowest BCUT2D eigenvalue weighted by molar-refractivity contribution is -0.142. The molecule has 0 spiro atoms. The monoisotopic (exact) mass is 309 g/mol. The Bertz CT molecular complexity index is 501. The van der Waals surface area contributed by atoms with E-state index in [-0.39, 0.29) is 17.9 Å². The van der Waals surface area contributed by atoms with Crippen molar-refractivity contribution in [3.8, 4) is 0 Å². The van der Waals surface area contributed by atoms with Crippen molar-refractivity contribution in [2.75, 3.05) is 13.6 Å². The molecule has 1 aliphatic heterocycles. The first kappa shape index (κ1) is 15.9. The molecule has 0 radical (unpaired) electrons. The number of thiazole rings is 1. The van der Waals surface area contributed by atoms with Crippen LogP contribution in [0.5, 0.6) is 0 Å². The molecule has 0 saturated carbocycles. The molecule has 2 amide bonds. The van der Waals surface area contributed by atoms with Crippen LogP contribution in [0.3, 0.4) is 0 Å². The van der Waals surface area contributed by atoms with E-state index in [2.05, 4.69) is 10.3 Å². The van der Waals surface area contributed by atoms with Gasteiger partial charge in [0.05, 0.1) is 5.01 Å². The second kappa shape index (κ2) is 7.54. The van der Waals surface area contributed by atoms with E-state index in [1.807, 2.05) is 12.3 Å². The van der Waals surface area contributed by atoms with Crippen molar-refractivity contribution in [3.63, 3.8) is 0 Å². The zero-order valence-corrected chi connectivity index (χ0v) is 13.5. The largest absolute Gasteiger partial charge is 0.357 e. The lowest BCUT2D eigenvalue weighted by Gasteiger charge is -2.34. The molecule has 1 unspecified atom stereocenters. The number of likely N-dealkylation sites (tertiary alicyclic amines) is 1. The molecule has 21 heavy (non-hydrogen) atoms. The molecule has 2 heterocycles. The predicted octanol–water partition coefficient (Wildman–Crippen LogP) is 1.90. The van der Waals surface area contributed by atoms with E-state index in [9.17, 15) is 9.59 Å². The number of aryl methyl sites for hydroxylation is 2. The average molecular weight is 309 g/mol. The van der Waals surface area contributed by atoms with E-state index in [0.29, 0.717) is 13.0 Å². The molecule has 116 valence electrons. The number of hydrogen-bond donors (Lipinski definition) is 1. The fourth-order valence-corrected chi connectivity index (χ4v) is 3.54. The maximum absolute atomic E-state index is 12.4. The summed E-state index contributed by atoms with van der Waals surface area (Å²) >= 11 is 1.65. The Morgan fingerprint density at radius 2 is 2.29 bits per heavy atom. The highest BCUT2D eigenvalue weighted by Crippen LogP contribution is 2.19. The molecule has 1 aromatic rings. The number of piperidine rings is 1. The van der Waals surface area contributed by atoms with Crippen molar-refractivity contribution >= 4 is 23.2 Å². The number of nitrogens with zero attached hydrogens (tertiary/aromatic N) is 2. The SMILES string of the molecule is CNC(=O)C1CCCCN1C(=O)CCCc1nc(C)cs1. The smallest absolute Gasteiger partial charge is 0.242 e. The summed E-state index contributed by atoms with van der Waals surface area (Å²) in [6.07, 6.45) is 4.90. The number of aromatic nitrogens is 1. The van der Waals surface area contributed by atoms with Crippen LogP contribution >= 0.6 is 11.3 Å². The molecule has 6 heteroatoms. The Morgan fingerprint density at radius 3 is 2.95 bits per heavy atom. The van der Waals surface area contributed by atoms with Crippen molar-refractivity contribution in [2.45, 2.75) is 51.5 Å². The van der Waals surface area contributed by atoms with Gasteiger partial charge in [-0.15, -0.1) is 11.3 Å². The van der Waals surface area contributed by atoms with Gasteiger partial charge in [-0.1, -0.05) is 0 Å². The Morgan fingerprint density at radius 1 is 1.48 bits per heavy atom. The van der Waals surface area contributed by atoms with Crippen LogP contribution in [0.1, 0.15) is 42.8 Å². The number of carbonyl (C=O) groups is 2. The maximum Gasteiger partial charge on any atom is 0.242 e. The minimum atomic E-state index is -0.279. The number of rotatable bonds is 5. The third kappa shape index (κ3) is 4.27. The van der Waals surface area contributed by atoms with Crippen LogP contribution in [0.25, 0.3) is 0 Å². The van der Waals surface area contributed by atoms with Gasteiger partial charge in [0.1, 0.15) is 6.04 Å². The highest BCUT2D eigenvalue weighted by molar-refractivity contribution is 7.09. The zero-order valence-electron chi connectivity index (χ0n) is 12.7. The van der Waals surface area contributed by atoms with Gasteiger partial charge in [-0.05, 0) is 39.0 Å². The molecule has 0 aromatic carbocycles. The van der Waals surface area contributed by atoms with Gasteiger partial charge in [0.25, 0.3) is 0 Å². The second-order valence-corrected chi connectivity index (χ2v) is 6.39. The van der Waals surface area contributed by atoms with Gasteiger partial charge in [0.2, 0.25) is 11.8 Å². The summed E-state index contributed by atoms with van der Waals surface area (Å²) in [5.74, 6) is 0.0511. The maximum atomic E-state index is 12.4. The van der Waals surface area contributed by atoms with Crippen LogP contribution in [0.2, 0.25) is 0 Å². The Kier molecular flexibility index (Phi) is 5.73. The molecule has 1 aliphatic rings. The first-order valence-corrected chi connectivity index (χ1v) is 8.42. The molecule has 2 rings (SSSR count). The predicted molar refractivity (Wildman–Crippen MR) is 83.2 cm³/mol. The molecule has 0 aliphatic carbocycles. The Hall–Kier alpha value is -1.43. The van der Waals surface area contributed by atoms with Crippen LogP contribution in [0.15, 0.2) is 5.38 Å². The normalized spacial score (nSPS) is 18.6. The minimum Gasteiger partial charge on any atom is -0.357 e. The van der Waals surface area contributed by atoms with E-state index < -0.39 is 0 Å². The van der Waals surface area contributed by atoms with Gasteiger partial charge < -0.3 is 10.2 Å². The van der Waals surface area contributed by atoms with Crippen LogP contribution in [0.4, 0.5) is 0 Å². The summed E-state index contributed by atoms with van der Waals surface area (Å²) in [6, 6.07) is -0.279. The molecule has 0 bridgehead atoms. The van der Waals surface area contributed by atoms with Gasteiger partial charge in [-0.2, -0.15) is 0 Å². The zero-order chi connectivity index (χ0) is 15.2. The fraction of sp³-hybridized carbons (Fsp3) is 0.667. The van der Waals surface area contributed by atoms with Crippen LogP contribution < -0.4 is 5.32 Å². The first-order valence-electron chi connectivity index (χ1n) is 7.54. The van der Waals surface area contributed by atoms with Crippen LogP contribution in [-0.4, -0.2) is 41.3 Å². The molecular formula is C15H23N3O2S. The lowest BCUT2D eigenvalue weighted by Crippen LogP contribution is -2.51. The van der Waals surface area contributed by atoms with Crippen molar-refractivity contribution < 1.29 is 9.59 Å². The second-order valence-electron chi connectivity index (χ2n) is 5.45. The molecule has 1 aromatic heterocycles. The quantitative estimate of drug-likeness (QED) is 0.903. The van der Waals surface area contributed by atoms with E-state index in [4.69, 9.17) is 0 Å². The van der Waals surface area contributed by atoms with Crippen molar-refractivity contribution in [3.05, 3.63) is 16.1 Å². The Balaban J connectivity index is 1.84. The molecular weight excluding hydrogens is 286 g/mol. The van der Waals surface area contributed by atoms with Crippen LogP contribution in [-0.2, 0) is 16.0 Å². The molecule has 1 saturated heterocycles. The highest BCUT2D eigenvalue weighted by atomic mass is 32.1. The summed E-state index contributed by atoms with van der Waals surface area (Å²) in [7, 11) is 1.63. The number of nitrogens with one attached hydrogen (secondary N) is 1. The number of hydrogen-bond acceptors (Lipinski definition) is 4. The van der Waals surface area contributed by atoms with Crippen LogP contribution in [0, 0.1) is 6.92 Å². The van der Waals surface area contributed by atoms with Gasteiger partial charge in [0, 0.05) is 31.1 Å². The molecule has 1 fully saturated rings. The summed E-state index contributed by atoms with van der Waals surface area (Å²) in [5.41, 5.74) is 1.04. The molecule has 1 N–H and O–H groups in total. The number of carbonyl (C=O) groups excluding carboxylic acids is 2.